The van der Waals surface area contributed by atoms with Crippen LogP contribution in [-0.2, 0) is 6.54 Å². The van der Waals surface area contributed by atoms with Crippen molar-refractivity contribution >= 4 is 0 Å². The van der Waals surface area contributed by atoms with Gasteiger partial charge in [-0.25, -0.2) is 4.68 Å². The monoisotopic (exact) mass is 245 g/mol. The maximum atomic E-state index is 5.73. The molecule has 0 bridgehead atoms. The molecule has 4 nitrogen and oxygen atoms in total. The van der Waals surface area contributed by atoms with Gasteiger partial charge in [0.25, 0.3) is 0 Å². The minimum absolute atomic E-state index is 0.523. The first-order chi connectivity index (χ1) is 8.67. The fourth-order valence-corrected chi connectivity index (χ4v) is 2.07. The summed E-state index contributed by atoms with van der Waals surface area (Å²) in [5.74, 6) is 0.877. The van der Waals surface area contributed by atoms with E-state index < -0.39 is 0 Å². The minimum Gasteiger partial charge on any atom is -0.494 e. The first-order valence-corrected chi connectivity index (χ1v) is 6.15. The molecule has 0 radical (unpaired) electrons. The van der Waals surface area contributed by atoms with Gasteiger partial charge >= 0.3 is 0 Å². The molecule has 0 aliphatic heterocycles. The highest BCUT2D eigenvalue weighted by molar-refractivity contribution is 5.40. The van der Waals surface area contributed by atoms with Crippen molar-refractivity contribution in [3.63, 3.8) is 0 Å². The molecule has 2 aromatic rings. The van der Waals surface area contributed by atoms with Gasteiger partial charge in [0.05, 0.1) is 18.0 Å². The van der Waals surface area contributed by atoms with Crippen molar-refractivity contribution in [2.45, 2.75) is 27.3 Å². The number of benzene rings is 1. The van der Waals surface area contributed by atoms with Gasteiger partial charge in [-0.15, -0.1) is 0 Å². The number of nitrogens with zero attached hydrogens (tertiary/aromatic N) is 2. The van der Waals surface area contributed by atoms with Crippen molar-refractivity contribution in [1.82, 2.24) is 9.78 Å². The fourth-order valence-electron chi connectivity index (χ4n) is 2.07. The molecule has 0 saturated heterocycles. The van der Waals surface area contributed by atoms with Gasteiger partial charge in [0.1, 0.15) is 5.75 Å². The zero-order chi connectivity index (χ0) is 13.1. The molecule has 0 aliphatic rings. The second kappa shape index (κ2) is 5.23. The Morgan fingerprint density at radius 3 is 2.39 bits per heavy atom. The summed E-state index contributed by atoms with van der Waals surface area (Å²) < 4.78 is 7.35. The molecule has 0 aliphatic carbocycles. The number of rotatable bonds is 4. The molecule has 0 spiro atoms. The topological polar surface area (TPSA) is 53.1 Å². The van der Waals surface area contributed by atoms with Crippen LogP contribution in [0.4, 0.5) is 0 Å². The lowest BCUT2D eigenvalue weighted by atomic mass is 10.2. The maximum absolute atomic E-state index is 5.73. The van der Waals surface area contributed by atoms with Crippen LogP contribution in [0, 0.1) is 13.8 Å². The Morgan fingerprint density at radius 2 is 1.89 bits per heavy atom. The number of nitrogens with two attached hydrogens (primary N) is 1. The van der Waals surface area contributed by atoms with Gasteiger partial charge in [-0.2, -0.15) is 5.10 Å². The Labute approximate surface area is 107 Å². The number of aryl methyl sites for hydroxylation is 1. The molecule has 0 fully saturated rings. The molecule has 1 aromatic heterocycles. The fraction of sp³-hybridized carbons (Fsp3) is 0.357. The lowest BCUT2D eigenvalue weighted by Gasteiger charge is -2.07. The van der Waals surface area contributed by atoms with Gasteiger partial charge in [0.15, 0.2) is 0 Å². The second-order valence-electron chi connectivity index (χ2n) is 4.19. The van der Waals surface area contributed by atoms with Crippen molar-refractivity contribution in [2.24, 2.45) is 5.73 Å². The third-order valence-electron chi connectivity index (χ3n) is 3.04. The molecular weight excluding hydrogens is 226 g/mol. The average Bonchev–Trinajstić information content (AvgIpc) is 2.66. The highest BCUT2D eigenvalue weighted by atomic mass is 16.5. The van der Waals surface area contributed by atoms with Gasteiger partial charge in [0, 0.05) is 17.8 Å². The molecule has 18 heavy (non-hydrogen) atoms. The Bertz CT molecular complexity index is 529. The van der Waals surface area contributed by atoms with Crippen molar-refractivity contribution < 1.29 is 4.74 Å². The number of hydrogen-bond donors (Lipinski definition) is 1. The van der Waals surface area contributed by atoms with Gasteiger partial charge in [-0.3, -0.25) is 0 Å². The van der Waals surface area contributed by atoms with Gasteiger partial charge in [-0.1, -0.05) is 0 Å². The molecule has 0 amide bonds. The molecule has 2 rings (SSSR count). The van der Waals surface area contributed by atoms with Crippen LogP contribution >= 0.6 is 0 Å². The van der Waals surface area contributed by atoms with Gasteiger partial charge in [0.2, 0.25) is 0 Å². The van der Waals surface area contributed by atoms with Crippen LogP contribution in [0.5, 0.6) is 5.75 Å². The normalized spacial score (nSPS) is 10.7. The van der Waals surface area contributed by atoms with Crippen molar-refractivity contribution in [3.8, 4) is 11.4 Å². The summed E-state index contributed by atoms with van der Waals surface area (Å²) in [6.45, 7) is 7.20. The first kappa shape index (κ1) is 12.6. The van der Waals surface area contributed by atoms with Crippen LogP contribution in [0.25, 0.3) is 5.69 Å². The molecule has 2 N–H and O–H groups in total. The van der Waals surface area contributed by atoms with Crippen LogP contribution in [0.15, 0.2) is 24.3 Å². The highest BCUT2D eigenvalue weighted by Crippen LogP contribution is 2.19. The first-order valence-electron chi connectivity index (χ1n) is 6.15. The summed E-state index contributed by atoms with van der Waals surface area (Å²) in [5, 5.41) is 4.52. The lowest BCUT2D eigenvalue weighted by Crippen LogP contribution is -2.02. The van der Waals surface area contributed by atoms with E-state index in [1.807, 2.05) is 49.7 Å². The average molecular weight is 245 g/mol. The van der Waals surface area contributed by atoms with E-state index >= 15 is 0 Å². The van der Waals surface area contributed by atoms with Crippen LogP contribution in [0.3, 0.4) is 0 Å². The van der Waals surface area contributed by atoms with E-state index in [1.165, 1.54) is 0 Å². The van der Waals surface area contributed by atoms with Gasteiger partial charge < -0.3 is 10.5 Å². The van der Waals surface area contributed by atoms with Crippen molar-refractivity contribution in [3.05, 3.63) is 41.2 Å². The lowest BCUT2D eigenvalue weighted by molar-refractivity contribution is 0.340. The van der Waals surface area contributed by atoms with Crippen LogP contribution in [0.2, 0.25) is 0 Å². The quantitative estimate of drug-likeness (QED) is 0.899. The molecule has 4 heteroatoms. The number of aromatic nitrogens is 2. The minimum atomic E-state index is 0.523. The van der Waals surface area contributed by atoms with E-state index in [0.29, 0.717) is 13.2 Å². The van der Waals surface area contributed by atoms with Crippen molar-refractivity contribution in [2.75, 3.05) is 6.61 Å². The highest BCUT2D eigenvalue weighted by Gasteiger charge is 2.11. The Kier molecular flexibility index (Phi) is 3.67. The molecule has 1 aromatic carbocycles. The van der Waals surface area contributed by atoms with Crippen LogP contribution < -0.4 is 10.5 Å². The Balaban J connectivity index is 2.36. The standard InChI is InChI=1S/C14H19N3O/c1-4-18-13-7-5-12(6-8-13)17-11(3)14(9-15)10(2)16-17/h5-8H,4,9,15H2,1-3H3. The zero-order valence-electron chi connectivity index (χ0n) is 11.1. The third-order valence-corrected chi connectivity index (χ3v) is 3.04. The zero-order valence-corrected chi connectivity index (χ0v) is 11.1. The summed E-state index contributed by atoms with van der Waals surface area (Å²) in [5.41, 5.74) is 9.96. The number of ether oxygens (including phenoxy) is 1. The predicted octanol–water partition coefficient (Wildman–Crippen LogP) is 2.35. The molecule has 0 unspecified atom stereocenters. The van der Waals surface area contributed by atoms with Crippen LogP contribution in [-0.4, -0.2) is 16.4 Å². The summed E-state index contributed by atoms with van der Waals surface area (Å²) >= 11 is 0. The molecule has 1 heterocycles. The predicted molar refractivity (Wildman–Crippen MR) is 72.1 cm³/mol. The summed E-state index contributed by atoms with van der Waals surface area (Å²) in [6, 6.07) is 7.92. The van der Waals surface area contributed by atoms with Crippen molar-refractivity contribution in [1.29, 1.82) is 0 Å². The summed E-state index contributed by atoms with van der Waals surface area (Å²) in [7, 11) is 0. The van der Waals surface area contributed by atoms with E-state index in [-0.39, 0.29) is 0 Å². The maximum Gasteiger partial charge on any atom is 0.119 e. The number of hydrogen-bond acceptors (Lipinski definition) is 3. The summed E-state index contributed by atoms with van der Waals surface area (Å²) in [6.07, 6.45) is 0. The molecular formula is C14H19N3O. The SMILES string of the molecule is CCOc1ccc(-n2nc(C)c(CN)c2C)cc1. The van der Waals surface area contributed by atoms with E-state index in [1.54, 1.807) is 0 Å². The van der Waals surface area contributed by atoms with E-state index in [9.17, 15) is 0 Å². The van der Waals surface area contributed by atoms with E-state index in [2.05, 4.69) is 5.10 Å². The largest absolute Gasteiger partial charge is 0.494 e. The Morgan fingerprint density at radius 1 is 1.22 bits per heavy atom. The van der Waals surface area contributed by atoms with E-state index in [0.717, 1.165) is 28.4 Å². The smallest absolute Gasteiger partial charge is 0.119 e. The van der Waals surface area contributed by atoms with Crippen LogP contribution in [0.1, 0.15) is 23.9 Å². The third kappa shape index (κ3) is 2.24. The molecule has 96 valence electrons. The van der Waals surface area contributed by atoms with Gasteiger partial charge in [-0.05, 0) is 45.0 Å². The van der Waals surface area contributed by atoms with E-state index in [4.69, 9.17) is 10.5 Å². The molecule has 0 atom stereocenters. The molecule has 0 saturated carbocycles. The Hall–Kier alpha value is -1.81. The second-order valence-corrected chi connectivity index (χ2v) is 4.19. The summed E-state index contributed by atoms with van der Waals surface area (Å²) in [4.78, 5) is 0.